The Bertz CT molecular complexity index is 937. The minimum absolute atomic E-state index is 0.0662. The average Bonchev–Trinajstić information content (AvgIpc) is 3.21. The van der Waals surface area contributed by atoms with E-state index in [1.54, 1.807) is 30.5 Å². The number of methoxy groups -OCH3 is 1. The van der Waals surface area contributed by atoms with Crippen LogP contribution >= 0.6 is 0 Å². The van der Waals surface area contributed by atoms with Gasteiger partial charge in [0, 0.05) is 12.0 Å². The molecule has 0 radical (unpaired) electrons. The van der Waals surface area contributed by atoms with Gasteiger partial charge in [0.05, 0.1) is 25.4 Å². The lowest BCUT2D eigenvalue weighted by molar-refractivity contribution is -0.147. The van der Waals surface area contributed by atoms with Crippen LogP contribution in [0.3, 0.4) is 0 Å². The molecule has 0 aliphatic heterocycles. The Hall–Kier alpha value is -3.61. The number of carbonyl (C=O) groups is 2. The summed E-state index contributed by atoms with van der Waals surface area (Å²) in [6.45, 7) is -0.377. The normalized spacial score (nSPS) is 10.3. The van der Waals surface area contributed by atoms with Crippen LogP contribution in [0.5, 0.6) is 5.75 Å². The third-order valence-electron chi connectivity index (χ3n) is 3.90. The van der Waals surface area contributed by atoms with E-state index in [-0.39, 0.29) is 13.0 Å². The van der Waals surface area contributed by atoms with Gasteiger partial charge in [0.1, 0.15) is 5.75 Å². The van der Waals surface area contributed by atoms with Gasteiger partial charge in [-0.25, -0.2) is 4.98 Å². The number of aromatic nitrogens is 1. The van der Waals surface area contributed by atoms with E-state index < -0.39 is 11.9 Å². The first-order valence-corrected chi connectivity index (χ1v) is 8.74. The van der Waals surface area contributed by atoms with Gasteiger partial charge in [-0.3, -0.25) is 9.59 Å². The predicted molar refractivity (Wildman–Crippen MR) is 103 cm³/mol. The van der Waals surface area contributed by atoms with E-state index in [0.29, 0.717) is 29.5 Å². The van der Waals surface area contributed by atoms with Gasteiger partial charge < -0.3 is 19.2 Å². The van der Waals surface area contributed by atoms with E-state index in [1.165, 1.54) is 7.11 Å². The number of hydrogen-bond acceptors (Lipinski definition) is 6. The van der Waals surface area contributed by atoms with Gasteiger partial charge in [-0.15, -0.1) is 0 Å². The zero-order valence-corrected chi connectivity index (χ0v) is 15.4. The number of rotatable bonds is 8. The van der Waals surface area contributed by atoms with Gasteiger partial charge in [-0.2, -0.15) is 0 Å². The van der Waals surface area contributed by atoms with Crippen molar-refractivity contribution in [2.45, 2.75) is 12.8 Å². The van der Waals surface area contributed by atoms with Crippen molar-refractivity contribution < 1.29 is 23.5 Å². The van der Waals surface area contributed by atoms with Crippen LogP contribution in [-0.2, 0) is 20.7 Å². The zero-order chi connectivity index (χ0) is 19.8. The number of hydrogen-bond donors (Lipinski definition) is 1. The maximum Gasteiger partial charge on any atom is 0.306 e. The smallest absolute Gasteiger partial charge is 0.306 e. The van der Waals surface area contributed by atoms with Gasteiger partial charge in [-0.1, -0.05) is 42.5 Å². The Morgan fingerprint density at radius 1 is 1.07 bits per heavy atom. The fourth-order valence-corrected chi connectivity index (χ4v) is 2.52. The van der Waals surface area contributed by atoms with E-state index >= 15 is 0 Å². The molecular formula is C21H20N2O5. The highest BCUT2D eigenvalue weighted by Crippen LogP contribution is 2.23. The number of nitrogens with zero attached hydrogens (tertiary/aromatic N) is 1. The van der Waals surface area contributed by atoms with Crippen LogP contribution in [0.4, 0.5) is 5.69 Å². The molecule has 2 aromatic carbocycles. The Labute approximate surface area is 162 Å². The molecule has 7 heteroatoms. The Kier molecular flexibility index (Phi) is 6.41. The lowest BCUT2D eigenvalue weighted by Gasteiger charge is -2.09. The molecule has 1 heterocycles. The number of benzene rings is 2. The Morgan fingerprint density at radius 2 is 1.82 bits per heavy atom. The molecule has 1 amide bonds. The van der Waals surface area contributed by atoms with Crippen molar-refractivity contribution in [1.29, 1.82) is 0 Å². The Morgan fingerprint density at radius 3 is 2.61 bits per heavy atom. The van der Waals surface area contributed by atoms with Gasteiger partial charge >= 0.3 is 5.97 Å². The first-order chi connectivity index (χ1) is 13.7. The fraction of sp³-hybridized carbons (Fsp3) is 0.190. The number of ether oxygens (including phenoxy) is 2. The van der Waals surface area contributed by atoms with Crippen molar-refractivity contribution in [2.24, 2.45) is 0 Å². The minimum Gasteiger partial charge on any atom is -0.495 e. The largest absolute Gasteiger partial charge is 0.495 e. The number of para-hydroxylation sites is 2. The van der Waals surface area contributed by atoms with Crippen LogP contribution < -0.4 is 10.1 Å². The van der Waals surface area contributed by atoms with Crippen LogP contribution in [0.2, 0.25) is 0 Å². The third kappa shape index (κ3) is 5.20. The third-order valence-corrected chi connectivity index (χ3v) is 3.90. The number of oxazole rings is 1. The van der Waals surface area contributed by atoms with Crippen LogP contribution in [-0.4, -0.2) is 30.6 Å². The highest BCUT2D eigenvalue weighted by atomic mass is 16.5. The van der Waals surface area contributed by atoms with Gasteiger partial charge in [-0.05, 0) is 12.1 Å². The van der Waals surface area contributed by atoms with Crippen LogP contribution in [0.15, 0.2) is 65.2 Å². The van der Waals surface area contributed by atoms with Crippen molar-refractivity contribution in [3.63, 3.8) is 0 Å². The molecule has 0 spiro atoms. The lowest BCUT2D eigenvalue weighted by Crippen LogP contribution is -2.21. The van der Waals surface area contributed by atoms with E-state index in [4.69, 9.17) is 13.9 Å². The predicted octanol–water partition coefficient (Wildman–Crippen LogP) is 3.46. The van der Waals surface area contributed by atoms with E-state index in [0.717, 1.165) is 5.56 Å². The van der Waals surface area contributed by atoms with E-state index in [9.17, 15) is 9.59 Å². The highest BCUT2D eigenvalue weighted by molar-refractivity contribution is 5.94. The van der Waals surface area contributed by atoms with E-state index in [1.807, 2.05) is 30.3 Å². The van der Waals surface area contributed by atoms with Crippen molar-refractivity contribution in [3.8, 4) is 17.1 Å². The number of esters is 1. The summed E-state index contributed by atoms with van der Waals surface area (Å²) in [5.41, 5.74) is 1.43. The van der Waals surface area contributed by atoms with Crippen molar-refractivity contribution in [1.82, 2.24) is 4.98 Å². The summed E-state index contributed by atoms with van der Waals surface area (Å²) < 4.78 is 15.8. The van der Waals surface area contributed by atoms with Crippen molar-refractivity contribution in [3.05, 3.63) is 66.7 Å². The number of carbonyl (C=O) groups excluding carboxylic acids is 2. The molecule has 0 bridgehead atoms. The molecule has 7 nitrogen and oxygen atoms in total. The van der Waals surface area contributed by atoms with Gasteiger partial charge in [0.2, 0.25) is 0 Å². The number of amides is 1. The van der Waals surface area contributed by atoms with E-state index in [2.05, 4.69) is 10.3 Å². The van der Waals surface area contributed by atoms with Crippen LogP contribution in [0.1, 0.15) is 12.3 Å². The Balaban J connectivity index is 1.43. The van der Waals surface area contributed by atoms with Crippen LogP contribution in [0, 0.1) is 0 Å². The molecule has 0 saturated heterocycles. The zero-order valence-electron chi connectivity index (χ0n) is 15.4. The molecular weight excluding hydrogens is 360 g/mol. The summed E-state index contributed by atoms with van der Waals surface area (Å²) in [6.07, 6.45) is 1.98. The van der Waals surface area contributed by atoms with Gasteiger partial charge in [0.25, 0.3) is 5.91 Å². The minimum atomic E-state index is -0.505. The lowest BCUT2D eigenvalue weighted by atomic mass is 10.2. The summed E-state index contributed by atoms with van der Waals surface area (Å²) in [4.78, 5) is 28.0. The average molecular weight is 380 g/mol. The highest BCUT2D eigenvalue weighted by Gasteiger charge is 2.12. The molecule has 3 aromatic rings. The summed E-state index contributed by atoms with van der Waals surface area (Å²) in [7, 11) is 1.51. The number of aryl methyl sites for hydroxylation is 1. The maximum absolute atomic E-state index is 11.9. The summed E-state index contributed by atoms with van der Waals surface area (Å²) in [6, 6.07) is 16.5. The van der Waals surface area contributed by atoms with Crippen molar-refractivity contribution >= 4 is 17.6 Å². The molecule has 0 atom stereocenters. The second-order valence-corrected chi connectivity index (χ2v) is 5.89. The molecule has 144 valence electrons. The molecule has 0 aliphatic rings. The number of nitrogens with one attached hydrogen (secondary N) is 1. The molecule has 1 N–H and O–H groups in total. The second kappa shape index (κ2) is 9.36. The standard InChI is InChI=1S/C21H20N2O5/c1-26-17-10-6-5-9-16(17)23-19(24)14-27-21(25)12-11-20-22-13-18(28-20)15-7-3-2-4-8-15/h2-10,13H,11-12,14H2,1H3,(H,23,24). The molecule has 0 fully saturated rings. The fourth-order valence-electron chi connectivity index (χ4n) is 2.52. The first-order valence-electron chi connectivity index (χ1n) is 8.74. The molecule has 1 aromatic heterocycles. The SMILES string of the molecule is COc1ccccc1NC(=O)COC(=O)CCc1ncc(-c2ccccc2)o1. The van der Waals surface area contributed by atoms with Crippen molar-refractivity contribution in [2.75, 3.05) is 19.0 Å². The quantitative estimate of drug-likeness (QED) is 0.602. The topological polar surface area (TPSA) is 90.7 Å². The maximum atomic E-state index is 11.9. The molecule has 0 unspecified atom stereocenters. The monoisotopic (exact) mass is 380 g/mol. The summed E-state index contributed by atoms with van der Waals surface area (Å²) >= 11 is 0. The second-order valence-electron chi connectivity index (χ2n) is 5.89. The van der Waals surface area contributed by atoms with Crippen LogP contribution in [0.25, 0.3) is 11.3 Å². The van der Waals surface area contributed by atoms with Gasteiger partial charge in [0.15, 0.2) is 18.3 Å². The summed E-state index contributed by atoms with van der Waals surface area (Å²) in [5.74, 6) is 0.657. The summed E-state index contributed by atoms with van der Waals surface area (Å²) in [5, 5.41) is 2.64. The molecule has 0 saturated carbocycles. The molecule has 0 aliphatic carbocycles. The molecule has 28 heavy (non-hydrogen) atoms. The molecule has 3 rings (SSSR count). The first kappa shape index (κ1) is 19.2. The number of anilines is 1.